The first-order valence-electron chi connectivity index (χ1n) is 2.59. The highest BCUT2D eigenvalue weighted by Crippen LogP contribution is 1.87. The largest absolute Gasteiger partial charge is 0.447 e. The molecule has 3 heteroatoms. The van der Waals surface area contributed by atoms with Crippen LogP contribution in [-0.2, 0) is 9.53 Å². The monoisotopic (exact) mass is 117 g/mol. The Kier molecular flexibility index (Phi) is 3.19. The lowest BCUT2D eigenvalue weighted by molar-refractivity contribution is -0.146. The first kappa shape index (κ1) is 7.43. The Balaban J connectivity index is 3.24. The van der Waals surface area contributed by atoms with Crippen molar-refractivity contribution in [3.63, 3.8) is 0 Å². The molecule has 0 aromatic carbocycles. The average molecular weight is 117 g/mol. The van der Waals surface area contributed by atoms with Crippen LogP contribution in [0.4, 0.5) is 0 Å². The second-order valence-corrected chi connectivity index (χ2v) is 1.56. The van der Waals surface area contributed by atoms with Gasteiger partial charge in [0.25, 0.3) is 0 Å². The SMILES string of the molecule is CCC(N)OC(C)=O. The van der Waals surface area contributed by atoms with Gasteiger partial charge in [0.1, 0.15) is 0 Å². The van der Waals surface area contributed by atoms with Gasteiger partial charge < -0.3 is 4.74 Å². The molecule has 0 aromatic heterocycles. The van der Waals surface area contributed by atoms with Crippen molar-refractivity contribution in [3.8, 4) is 0 Å². The molecule has 0 spiro atoms. The summed E-state index contributed by atoms with van der Waals surface area (Å²) in [6.07, 6.45) is 0.243. The second kappa shape index (κ2) is 3.43. The molecule has 0 amide bonds. The predicted molar refractivity (Wildman–Crippen MR) is 30.0 cm³/mol. The summed E-state index contributed by atoms with van der Waals surface area (Å²) in [5.41, 5.74) is 5.23. The zero-order chi connectivity index (χ0) is 6.57. The Hall–Kier alpha value is -0.570. The third kappa shape index (κ3) is 3.61. The van der Waals surface area contributed by atoms with Crippen LogP contribution in [0.3, 0.4) is 0 Å². The van der Waals surface area contributed by atoms with E-state index >= 15 is 0 Å². The third-order valence-corrected chi connectivity index (χ3v) is 0.720. The Labute approximate surface area is 48.8 Å². The number of carbonyl (C=O) groups is 1. The summed E-state index contributed by atoms with van der Waals surface area (Å²) in [6, 6.07) is 0. The highest BCUT2D eigenvalue weighted by atomic mass is 16.5. The Morgan fingerprint density at radius 2 is 2.38 bits per heavy atom. The minimum absolute atomic E-state index is 0.320. The van der Waals surface area contributed by atoms with E-state index in [1.165, 1.54) is 6.92 Å². The van der Waals surface area contributed by atoms with E-state index in [4.69, 9.17) is 5.73 Å². The zero-order valence-corrected chi connectivity index (χ0v) is 5.18. The lowest BCUT2D eigenvalue weighted by Gasteiger charge is -2.06. The van der Waals surface area contributed by atoms with Crippen LogP contribution < -0.4 is 5.73 Å². The van der Waals surface area contributed by atoms with Crippen molar-refractivity contribution in [2.24, 2.45) is 5.73 Å². The van der Waals surface area contributed by atoms with E-state index in [2.05, 4.69) is 4.74 Å². The molecule has 48 valence electrons. The third-order valence-electron chi connectivity index (χ3n) is 0.720. The lowest BCUT2D eigenvalue weighted by Crippen LogP contribution is -2.24. The van der Waals surface area contributed by atoms with Crippen LogP contribution in [0.15, 0.2) is 0 Å². The maximum absolute atomic E-state index is 10.1. The van der Waals surface area contributed by atoms with Crippen LogP contribution >= 0.6 is 0 Å². The number of ether oxygens (including phenoxy) is 1. The molecule has 0 rings (SSSR count). The van der Waals surface area contributed by atoms with Gasteiger partial charge in [-0.2, -0.15) is 0 Å². The molecular weight excluding hydrogens is 106 g/mol. The van der Waals surface area contributed by atoms with Crippen molar-refractivity contribution >= 4 is 5.97 Å². The fourth-order valence-electron chi connectivity index (χ4n) is 0.297. The van der Waals surface area contributed by atoms with E-state index in [1.54, 1.807) is 0 Å². The minimum atomic E-state index is -0.424. The minimum Gasteiger partial charge on any atom is -0.447 e. The molecule has 0 saturated heterocycles. The first-order valence-corrected chi connectivity index (χ1v) is 2.59. The summed E-state index contributed by atoms with van der Waals surface area (Å²) in [7, 11) is 0. The van der Waals surface area contributed by atoms with Crippen molar-refractivity contribution in [1.29, 1.82) is 0 Å². The van der Waals surface area contributed by atoms with Crippen LogP contribution in [-0.4, -0.2) is 12.2 Å². The molecule has 8 heavy (non-hydrogen) atoms. The number of hydrogen-bond acceptors (Lipinski definition) is 3. The summed E-state index contributed by atoms with van der Waals surface area (Å²) >= 11 is 0. The molecule has 0 heterocycles. The Bertz CT molecular complexity index is 82.5. The molecule has 0 bridgehead atoms. The molecule has 1 atom stereocenters. The molecule has 0 radical (unpaired) electrons. The van der Waals surface area contributed by atoms with E-state index in [0.29, 0.717) is 6.42 Å². The van der Waals surface area contributed by atoms with Gasteiger partial charge in [-0.15, -0.1) is 0 Å². The summed E-state index contributed by atoms with van der Waals surface area (Å²) in [5, 5.41) is 0. The molecular formula is C5H11NO2. The number of nitrogens with two attached hydrogens (primary N) is 1. The molecule has 0 fully saturated rings. The molecule has 1 unspecified atom stereocenters. The number of rotatable bonds is 2. The van der Waals surface area contributed by atoms with Crippen LogP contribution in [0.5, 0.6) is 0 Å². The number of esters is 1. The second-order valence-electron chi connectivity index (χ2n) is 1.56. The van der Waals surface area contributed by atoms with E-state index in [9.17, 15) is 4.79 Å². The molecule has 0 aromatic rings. The van der Waals surface area contributed by atoms with Crippen molar-refractivity contribution in [2.75, 3.05) is 0 Å². The quantitative estimate of drug-likeness (QED) is 0.416. The average Bonchev–Trinajstić information content (AvgIpc) is 1.65. The van der Waals surface area contributed by atoms with Gasteiger partial charge >= 0.3 is 5.97 Å². The van der Waals surface area contributed by atoms with Gasteiger partial charge in [-0.25, -0.2) is 0 Å². The fraction of sp³-hybridized carbons (Fsp3) is 0.800. The maximum Gasteiger partial charge on any atom is 0.304 e. The van der Waals surface area contributed by atoms with Gasteiger partial charge in [0.05, 0.1) is 0 Å². The molecule has 0 saturated carbocycles. The van der Waals surface area contributed by atoms with E-state index in [0.717, 1.165) is 0 Å². The lowest BCUT2D eigenvalue weighted by atomic mass is 10.4. The van der Waals surface area contributed by atoms with Gasteiger partial charge in [0.2, 0.25) is 0 Å². The summed E-state index contributed by atoms with van der Waals surface area (Å²) in [4.78, 5) is 10.1. The topological polar surface area (TPSA) is 52.3 Å². The first-order chi connectivity index (χ1) is 3.66. The smallest absolute Gasteiger partial charge is 0.304 e. The summed E-state index contributed by atoms with van der Waals surface area (Å²) in [5.74, 6) is -0.320. The van der Waals surface area contributed by atoms with E-state index < -0.39 is 6.23 Å². The van der Waals surface area contributed by atoms with Crippen LogP contribution in [0.25, 0.3) is 0 Å². The van der Waals surface area contributed by atoms with Crippen LogP contribution in [0, 0.1) is 0 Å². The van der Waals surface area contributed by atoms with Crippen LogP contribution in [0.1, 0.15) is 20.3 Å². The number of hydrogen-bond donors (Lipinski definition) is 1. The van der Waals surface area contributed by atoms with Crippen molar-refractivity contribution < 1.29 is 9.53 Å². The molecule has 0 aliphatic rings. The van der Waals surface area contributed by atoms with Gasteiger partial charge in [-0.1, -0.05) is 6.92 Å². The zero-order valence-electron chi connectivity index (χ0n) is 5.18. The standard InChI is InChI=1S/C5H11NO2/c1-3-5(6)8-4(2)7/h5H,3,6H2,1-2H3. The van der Waals surface area contributed by atoms with Gasteiger partial charge in [-0.05, 0) is 6.42 Å². The van der Waals surface area contributed by atoms with Crippen molar-refractivity contribution in [2.45, 2.75) is 26.5 Å². The molecule has 0 aliphatic heterocycles. The normalized spacial score (nSPS) is 12.9. The van der Waals surface area contributed by atoms with E-state index in [1.807, 2.05) is 6.92 Å². The molecule has 0 aliphatic carbocycles. The van der Waals surface area contributed by atoms with Gasteiger partial charge in [0.15, 0.2) is 6.23 Å². The Morgan fingerprint density at radius 1 is 1.88 bits per heavy atom. The highest BCUT2D eigenvalue weighted by molar-refractivity contribution is 5.66. The predicted octanol–water partition coefficient (Wildman–Crippen LogP) is 0.244. The fourth-order valence-corrected chi connectivity index (χ4v) is 0.297. The number of carbonyl (C=O) groups excluding carboxylic acids is 1. The van der Waals surface area contributed by atoms with E-state index in [-0.39, 0.29) is 5.97 Å². The highest BCUT2D eigenvalue weighted by Gasteiger charge is 1.99. The maximum atomic E-state index is 10.1. The molecule has 3 nitrogen and oxygen atoms in total. The summed E-state index contributed by atoms with van der Waals surface area (Å²) < 4.78 is 4.54. The van der Waals surface area contributed by atoms with Gasteiger partial charge in [0, 0.05) is 6.92 Å². The molecule has 2 N–H and O–H groups in total. The van der Waals surface area contributed by atoms with Gasteiger partial charge in [-0.3, -0.25) is 10.5 Å². The van der Waals surface area contributed by atoms with Crippen molar-refractivity contribution in [3.05, 3.63) is 0 Å². The summed E-state index contributed by atoms with van der Waals surface area (Å²) in [6.45, 7) is 3.20. The van der Waals surface area contributed by atoms with Crippen LogP contribution in [0.2, 0.25) is 0 Å². The Morgan fingerprint density at radius 3 is 2.50 bits per heavy atom. The van der Waals surface area contributed by atoms with Crippen molar-refractivity contribution in [1.82, 2.24) is 0 Å².